The van der Waals surface area contributed by atoms with Gasteiger partial charge in [0.25, 0.3) is 5.91 Å². The SMILES string of the molecule is O=C(O)NCCNC(=O)c1ncsc1-c1cccc(OCc2ccccc2)c1. The lowest BCUT2D eigenvalue weighted by Crippen LogP contribution is -2.34. The van der Waals surface area contributed by atoms with E-state index >= 15 is 0 Å². The monoisotopic (exact) mass is 397 g/mol. The number of benzene rings is 2. The highest BCUT2D eigenvalue weighted by molar-refractivity contribution is 7.13. The average Bonchev–Trinajstić information content (AvgIpc) is 3.20. The molecule has 0 spiro atoms. The van der Waals surface area contributed by atoms with Gasteiger partial charge in [-0.1, -0.05) is 42.5 Å². The van der Waals surface area contributed by atoms with Gasteiger partial charge in [-0.2, -0.15) is 0 Å². The number of carbonyl (C=O) groups excluding carboxylic acids is 1. The highest BCUT2D eigenvalue weighted by atomic mass is 32.1. The van der Waals surface area contributed by atoms with Crippen molar-refractivity contribution in [1.29, 1.82) is 0 Å². The molecule has 28 heavy (non-hydrogen) atoms. The minimum atomic E-state index is -1.13. The second-order valence-corrected chi connectivity index (χ2v) is 6.67. The predicted octanol–water partition coefficient (Wildman–Crippen LogP) is 3.39. The zero-order valence-electron chi connectivity index (χ0n) is 14.9. The first-order valence-electron chi connectivity index (χ1n) is 8.59. The van der Waals surface area contributed by atoms with Gasteiger partial charge in [0.05, 0.1) is 10.4 Å². The summed E-state index contributed by atoms with van der Waals surface area (Å²) in [6, 6.07) is 17.4. The summed E-state index contributed by atoms with van der Waals surface area (Å²) in [7, 11) is 0. The largest absolute Gasteiger partial charge is 0.489 e. The Labute approximate surface area is 166 Å². The van der Waals surface area contributed by atoms with E-state index in [1.165, 1.54) is 11.3 Å². The van der Waals surface area contributed by atoms with Crippen molar-refractivity contribution in [2.75, 3.05) is 13.1 Å². The highest BCUT2D eigenvalue weighted by Gasteiger charge is 2.16. The summed E-state index contributed by atoms with van der Waals surface area (Å²) in [5.41, 5.74) is 3.82. The first kappa shape index (κ1) is 19.4. The first-order chi connectivity index (χ1) is 13.6. The molecule has 0 atom stereocenters. The summed E-state index contributed by atoms with van der Waals surface area (Å²) in [4.78, 5) is 27.7. The van der Waals surface area contributed by atoms with Crippen molar-refractivity contribution in [2.45, 2.75) is 6.61 Å². The molecular formula is C20H19N3O4S. The van der Waals surface area contributed by atoms with Crippen LogP contribution in [-0.4, -0.2) is 35.2 Å². The Morgan fingerprint density at radius 3 is 2.61 bits per heavy atom. The molecule has 7 nitrogen and oxygen atoms in total. The Kier molecular flexibility index (Phi) is 6.59. The molecule has 0 fully saturated rings. The minimum absolute atomic E-state index is 0.128. The fourth-order valence-corrected chi connectivity index (χ4v) is 3.29. The number of nitrogens with one attached hydrogen (secondary N) is 2. The molecule has 3 aromatic rings. The zero-order chi connectivity index (χ0) is 19.8. The molecule has 0 aliphatic heterocycles. The van der Waals surface area contributed by atoms with Crippen molar-refractivity contribution >= 4 is 23.3 Å². The topological polar surface area (TPSA) is 101 Å². The lowest BCUT2D eigenvalue weighted by Gasteiger charge is -2.09. The van der Waals surface area contributed by atoms with Crippen molar-refractivity contribution in [3.63, 3.8) is 0 Å². The normalized spacial score (nSPS) is 10.3. The predicted molar refractivity (Wildman–Crippen MR) is 107 cm³/mol. The van der Waals surface area contributed by atoms with E-state index in [0.29, 0.717) is 18.1 Å². The molecule has 8 heteroatoms. The minimum Gasteiger partial charge on any atom is -0.489 e. The van der Waals surface area contributed by atoms with Gasteiger partial charge < -0.3 is 20.5 Å². The highest BCUT2D eigenvalue weighted by Crippen LogP contribution is 2.30. The molecule has 0 unspecified atom stereocenters. The molecule has 2 aromatic carbocycles. The summed E-state index contributed by atoms with van der Waals surface area (Å²) in [6.45, 7) is 0.766. The van der Waals surface area contributed by atoms with E-state index in [-0.39, 0.29) is 19.0 Å². The molecule has 0 radical (unpaired) electrons. The molecule has 0 bridgehead atoms. The number of carbonyl (C=O) groups is 2. The van der Waals surface area contributed by atoms with Crippen LogP contribution in [-0.2, 0) is 6.61 Å². The molecule has 3 rings (SSSR count). The Morgan fingerprint density at radius 2 is 1.82 bits per heavy atom. The number of nitrogens with zero attached hydrogens (tertiary/aromatic N) is 1. The summed E-state index contributed by atoms with van der Waals surface area (Å²) in [6.07, 6.45) is -1.13. The van der Waals surface area contributed by atoms with Crippen LogP contribution in [0.25, 0.3) is 10.4 Å². The van der Waals surface area contributed by atoms with Crippen molar-refractivity contribution in [3.8, 4) is 16.2 Å². The Morgan fingerprint density at radius 1 is 1.04 bits per heavy atom. The van der Waals surface area contributed by atoms with Crippen LogP contribution >= 0.6 is 11.3 Å². The van der Waals surface area contributed by atoms with E-state index in [0.717, 1.165) is 16.0 Å². The average molecular weight is 397 g/mol. The quantitative estimate of drug-likeness (QED) is 0.506. The molecule has 2 amide bonds. The standard InChI is InChI=1S/C20H19N3O4S/c24-19(21-9-10-22-20(25)26)17-18(28-13-23-17)15-7-4-8-16(11-15)27-12-14-5-2-1-3-6-14/h1-8,11,13,22H,9-10,12H2,(H,21,24)(H,25,26). The maximum atomic E-state index is 12.4. The van der Waals surface area contributed by atoms with Gasteiger partial charge in [-0.25, -0.2) is 9.78 Å². The third kappa shape index (κ3) is 5.31. The van der Waals surface area contributed by atoms with Gasteiger partial charge in [0.2, 0.25) is 0 Å². The lowest BCUT2D eigenvalue weighted by molar-refractivity contribution is 0.0949. The smallest absolute Gasteiger partial charge is 0.404 e. The molecule has 0 aliphatic carbocycles. The fourth-order valence-electron chi connectivity index (χ4n) is 2.51. The van der Waals surface area contributed by atoms with Crippen molar-refractivity contribution < 1.29 is 19.4 Å². The Bertz CT molecular complexity index is 943. The maximum absolute atomic E-state index is 12.4. The fraction of sp³-hybridized carbons (Fsp3) is 0.150. The molecule has 0 aliphatic rings. The molecule has 1 aromatic heterocycles. The molecular weight excluding hydrogens is 378 g/mol. The van der Waals surface area contributed by atoms with E-state index < -0.39 is 6.09 Å². The number of carboxylic acid groups (broad SMARTS) is 1. The van der Waals surface area contributed by atoms with Gasteiger partial charge >= 0.3 is 6.09 Å². The number of ether oxygens (including phenoxy) is 1. The van der Waals surface area contributed by atoms with Crippen LogP contribution in [0.5, 0.6) is 5.75 Å². The molecule has 144 valence electrons. The van der Waals surface area contributed by atoms with E-state index in [2.05, 4.69) is 15.6 Å². The lowest BCUT2D eigenvalue weighted by atomic mass is 10.1. The maximum Gasteiger partial charge on any atom is 0.404 e. The number of rotatable bonds is 8. The zero-order valence-corrected chi connectivity index (χ0v) is 15.7. The Hall–Kier alpha value is -3.39. The second-order valence-electron chi connectivity index (χ2n) is 5.82. The molecule has 0 saturated heterocycles. The van der Waals surface area contributed by atoms with Gasteiger partial charge in [0.15, 0.2) is 0 Å². The van der Waals surface area contributed by atoms with Gasteiger partial charge in [-0.05, 0) is 23.3 Å². The van der Waals surface area contributed by atoms with Crippen molar-refractivity contribution in [2.24, 2.45) is 0 Å². The van der Waals surface area contributed by atoms with Crippen LogP contribution in [0.1, 0.15) is 16.1 Å². The van der Waals surface area contributed by atoms with Crippen LogP contribution in [0, 0.1) is 0 Å². The van der Waals surface area contributed by atoms with Crippen molar-refractivity contribution in [3.05, 3.63) is 71.4 Å². The van der Waals surface area contributed by atoms with E-state index in [1.54, 1.807) is 5.51 Å². The van der Waals surface area contributed by atoms with Crippen molar-refractivity contribution in [1.82, 2.24) is 15.6 Å². The van der Waals surface area contributed by atoms with Crippen LogP contribution in [0.4, 0.5) is 4.79 Å². The summed E-state index contributed by atoms with van der Waals surface area (Å²) >= 11 is 1.36. The summed E-state index contributed by atoms with van der Waals surface area (Å²) in [5, 5.41) is 13.4. The molecule has 1 heterocycles. The number of amides is 2. The van der Waals surface area contributed by atoms with E-state index in [4.69, 9.17) is 9.84 Å². The number of hydrogen-bond acceptors (Lipinski definition) is 5. The van der Waals surface area contributed by atoms with Crippen LogP contribution < -0.4 is 15.4 Å². The van der Waals surface area contributed by atoms with Crippen LogP contribution in [0.2, 0.25) is 0 Å². The van der Waals surface area contributed by atoms with Gasteiger partial charge in [-0.3, -0.25) is 4.79 Å². The van der Waals surface area contributed by atoms with Gasteiger partial charge in [0, 0.05) is 13.1 Å². The number of thiazole rings is 1. The van der Waals surface area contributed by atoms with E-state index in [1.807, 2.05) is 54.6 Å². The van der Waals surface area contributed by atoms with E-state index in [9.17, 15) is 9.59 Å². The first-order valence-corrected chi connectivity index (χ1v) is 9.47. The summed E-state index contributed by atoms with van der Waals surface area (Å²) in [5.74, 6) is 0.353. The second kappa shape index (κ2) is 9.52. The number of aromatic nitrogens is 1. The van der Waals surface area contributed by atoms with Crippen LogP contribution in [0.15, 0.2) is 60.1 Å². The molecule has 0 saturated carbocycles. The molecule has 3 N–H and O–H groups in total. The third-order valence-electron chi connectivity index (χ3n) is 3.81. The summed E-state index contributed by atoms with van der Waals surface area (Å²) < 4.78 is 5.85. The van der Waals surface area contributed by atoms with Gasteiger partial charge in [-0.15, -0.1) is 11.3 Å². The Balaban J connectivity index is 1.66. The third-order valence-corrected chi connectivity index (χ3v) is 4.69. The van der Waals surface area contributed by atoms with Gasteiger partial charge in [0.1, 0.15) is 18.1 Å². The van der Waals surface area contributed by atoms with Crippen LogP contribution in [0.3, 0.4) is 0 Å². The number of hydrogen-bond donors (Lipinski definition) is 3.